The van der Waals surface area contributed by atoms with Gasteiger partial charge in [-0.1, -0.05) is 36.4 Å². The molecule has 3 amide bonds. The van der Waals surface area contributed by atoms with Crippen molar-refractivity contribution in [3.05, 3.63) is 48.0 Å². The highest BCUT2D eigenvalue weighted by Gasteiger charge is 2.33. The molecule has 2 aromatic carbocycles. The number of hydrogen-bond acceptors (Lipinski definition) is 2. The van der Waals surface area contributed by atoms with E-state index >= 15 is 0 Å². The molecular formula is C15H15N3O2. The average molecular weight is 269 g/mol. The maximum atomic E-state index is 12.1. The van der Waals surface area contributed by atoms with Crippen LogP contribution in [-0.2, 0) is 4.79 Å². The maximum Gasteiger partial charge on any atom is 0.315 e. The van der Waals surface area contributed by atoms with Gasteiger partial charge in [-0.05, 0) is 22.4 Å². The lowest BCUT2D eigenvalue weighted by Gasteiger charge is -2.34. The topological polar surface area (TPSA) is 75.4 Å². The van der Waals surface area contributed by atoms with Crippen LogP contribution in [-0.4, -0.2) is 29.9 Å². The molecule has 1 atom stereocenters. The Hall–Kier alpha value is -2.56. The van der Waals surface area contributed by atoms with Gasteiger partial charge >= 0.3 is 6.03 Å². The molecule has 3 rings (SSSR count). The first-order chi connectivity index (χ1) is 9.66. The van der Waals surface area contributed by atoms with E-state index in [0.29, 0.717) is 13.1 Å². The van der Waals surface area contributed by atoms with Crippen LogP contribution in [0.3, 0.4) is 0 Å². The first-order valence-corrected chi connectivity index (χ1v) is 6.49. The van der Waals surface area contributed by atoms with Crippen LogP contribution in [0.2, 0.25) is 0 Å². The van der Waals surface area contributed by atoms with E-state index in [1.165, 1.54) is 4.90 Å². The molecule has 0 spiro atoms. The summed E-state index contributed by atoms with van der Waals surface area (Å²) in [7, 11) is 0. The molecule has 2 aromatic rings. The Balaban J connectivity index is 2.06. The summed E-state index contributed by atoms with van der Waals surface area (Å²) in [4.78, 5) is 25.0. The second kappa shape index (κ2) is 4.85. The lowest BCUT2D eigenvalue weighted by atomic mass is 9.99. The summed E-state index contributed by atoms with van der Waals surface area (Å²) in [6.45, 7) is 0.865. The van der Waals surface area contributed by atoms with Crippen LogP contribution in [0.25, 0.3) is 10.8 Å². The van der Waals surface area contributed by atoms with Gasteiger partial charge in [0.25, 0.3) is 0 Å². The first kappa shape index (κ1) is 12.5. The second-order valence-electron chi connectivity index (χ2n) is 4.83. The van der Waals surface area contributed by atoms with E-state index in [9.17, 15) is 9.59 Å². The number of nitrogens with two attached hydrogens (primary N) is 1. The normalized spacial score (nSPS) is 18.9. The summed E-state index contributed by atoms with van der Waals surface area (Å²) >= 11 is 0. The molecular weight excluding hydrogens is 254 g/mol. The number of piperazine rings is 1. The average Bonchev–Trinajstić information content (AvgIpc) is 2.46. The lowest BCUT2D eigenvalue weighted by molar-refractivity contribution is -0.127. The van der Waals surface area contributed by atoms with Crippen molar-refractivity contribution in [2.45, 2.75) is 6.04 Å². The molecule has 3 N–H and O–H groups in total. The van der Waals surface area contributed by atoms with Crippen LogP contribution in [0.4, 0.5) is 4.79 Å². The largest absolute Gasteiger partial charge is 0.352 e. The Labute approximate surface area is 116 Å². The van der Waals surface area contributed by atoms with E-state index in [1.807, 2.05) is 42.5 Å². The standard InChI is InChI=1S/C15H15N3O2/c16-15(20)18-8-7-17-14(19)13(18)12-6-5-10-3-1-2-4-11(10)9-12/h1-6,9,13H,7-8H2,(H2,16,20)(H,17,19). The van der Waals surface area contributed by atoms with Crippen LogP contribution >= 0.6 is 0 Å². The third kappa shape index (κ3) is 2.07. The van der Waals surface area contributed by atoms with Crippen LogP contribution in [0.15, 0.2) is 42.5 Å². The molecule has 1 unspecified atom stereocenters. The van der Waals surface area contributed by atoms with Crippen molar-refractivity contribution in [1.29, 1.82) is 0 Å². The van der Waals surface area contributed by atoms with E-state index in [2.05, 4.69) is 5.32 Å². The minimum atomic E-state index is -0.647. The molecule has 1 fully saturated rings. The van der Waals surface area contributed by atoms with Crippen molar-refractivity contribution in [3.63, 3.8) is 0 Å². The minimum absolute atomic E-state index is 0.190. The number of nitrogens with zero attached hydrogens (tertiary/aromatic N) is 1. The van der Waals surface area contributed by atoms with Crippen molar-refractivity contribution < 1.29 is 9.59 Å². The van der Waals surface area contributed by atoms with E-state index in [1.54, 1.807) is 0 Å². The Bertz CT molecular complexity index is 684. The highest BCUT2D eigenvalue weighted by molar-refractivity contribution is 5.91. The van der Waals surface area contributed by atoms with Crippen molar-refractivity contribution in [1.82, 2.24) is 10.2 Å². The summed E-state index contributed by atoms with van der Waals surface area (Å²) in [5.41, 5.74) is 6.15. The van der Waals surface area contributed by atoms with Gasteiger partial charge in [-0.25, -0.2) is 4.79 Å². The minimum Gasteiger partial charge on any atom is -0.352 e. The van der Waals surface area contributed by atoms with Crippen LogP contribution in [0, 0.1) is 0 Å². The van der Waals surface area contributed by atoms with E-state index in [-0.39, 0.29) is 5.91 Å². The Morgan fingerprint density at radius 3 is 2.70 bits per heavy atom. The van der Waals surface area contributed by atoms with E-state index in [4.69, 9.17) is 5.73 Å². The number of nitrogens with one attached hydrogen (secondary N) is 1. The summed E-state index contributed by atoms with van der Waals surface area (Å²) in [6, 6.07) is 12.4. The summed E-state index contributed by atoms with van der Waals surface area (Å²) < 4.78 is 0. The number of benzene rings is 2. The number of fused-ring (bicyclic) bond motifs is 1. The zero-order valence-corrected chi connectivity index (χ0v) is 10.9. The van der Waals surface area contributed by atoms with Crippen LogP contribution in [0.1, 0.15) is 11.6 Å². The van der Waals surface area contributed by atoms with Crippen molar-refractivity contribution in [2.24, 2.45) is 5.73 Å². The van der Waals surface area contributed by atoms with E-state index < -0.39 is 12.1 Å². The third-order valence-corrected chi connectivity index (χ3v) is 3.58. The number of amides is 3. The van der Waals surface area contributed by atoms with Gasteiger partial charge in [0, 0.05) is 13.1 Å². The molecule has 0 saturated carbocycles. The maximum absolute atomic E-state index is 12.1. The Kier molecular flexibility index (Phi) is 3.02. The zero-order valence-electron chi connectivity index (χ0n) is 10.9. The fourth-order valence-electron chi connectivity index (χ4n) is 2.61. The Morgan fingerprint density at radius 2 is 1.95 bits per heavy atom. The van der Waals surface area contributed by atoms with Gasteiger partial charge in [0.05, 0.1) is 0 Å². The van der Waals surface area contributed by atoms with Gasteiger partial charge in [-0.2, -0.15) is 0 Å². The van der Waals surface area contributed by atoms with E-state index in [0.717, 1.165) is 16.3 Å². The summed E-state index contributed by atoms with van der Waals surface area (Å²) in [6.07, 6.45) is 0. The quantitative estimate of drug-likeness (QED) is 0.821. The van der Waals surface area contributed by atoms with Gasteiger partial charge < -0.3 is 16.0 Å². The monoisotopic (exact) mass is 269 g/mol. The molecule has 0 aliphatic carbocycles. The van der Waals surface area contributed by atoms with Crippen LogP contribution in [0.5, 0.6) is 0 Å². The molecule has 0 bridgehead atoms. The number of hydrogen-bond donors (Lipinski definition) is 2. The highest BCUT2D eigenvalue weighted by Crippen LogP contribution is 2.26. The second-order valence-corrected chi connectivity index (χ2v) is 4.83. The first-order valence-electron chi connectivity index (χ1n) is 6.49. The number of rotatable bonds is 1. The molecule has 0 aromatic heterocycles. The van der Waals surface area contributed by atoms with Crippen molar-refractivity contribution >= 4 is 22.7 Å². The molecule has 1 aliphatic heterocycles. The lowest BCUT2D eigenvalue weighted by Crippen LogP contribution is -2.53. The molecule has 1 saturated heterocycles. The van der Waals surface area contributed by atoms with Gasteiger partial charge in [-0.15, -0.1) is 0 Å². The molecule has 1 heterocycles. The van der Waals surface area contributed by atoms with Gasteiger partial charge in [0.1, 0.15) is 6.04 Å². The molecule has 20 heavy (non-hydrogen) atoms. The Morgan fingerprint density at radius 1 is 1.20 bits per heavy atom. The number of carbonyl (C=O) groups is 2. The molecule has 1 aliphatic rings. The molecule has 0 radical (unpaired) electrons. The highest BCUT2D eigenvalue weighted by atomic mass is 16.2. The zero-order chi connectivity index (χ0) is 14.1. The number of primary amides is 1. The summed E-state index contributed by atoms with van der Waals surface area (Å²) in [5.74, 6) is -0.190. The van der Waals surface area contributed by atoms with Gasteiger partial charge in [0.2, 0.25) is 5.91 Å². The van der Waals surface area contributed by atoms with Crippen LogP contribution < -0.4 is 11.1 Å². The molecule has 5 heteroatoms. The molecule has 5 nitrogen and oxygen atoms in total. The predicted octanol–water partition coefficient (Wildman–Crippen LogP) is 1.39. The predicted molar refractivity (Wildman–Crippen MR) is 76.0 cm³/mol. The van der Waals surface area contributed by atoms with Gasteiger partial charge in [0.15, 0.2) is 0 Å². The molecule has 102 valence electrons. The van der Waals surface area contributed by atoms with Gasteiger partial charge in [-0.3, -0.25) is 4.79 Å². The fourth-order valence-corrected chi connectivity index (χ4v) is 2.61. The SMILES string of the molecule is NC(=O)N1CCNC(=O)C1c1ccc2ccccc2c1. The fraction of sp³-hybridized carbons (Fsp3) is 0.200. The smallest absolute Gasteiger partial charge is 0.315 e. The number of carbonyl (C=O) groups excluding carboxylic acids is 2. The summed E-state index contributed by atoms with van der Waals surface area (Å²) in [5, 5.41) is 4.91. The van der Waals surface area contributed by atoms with Crippen molar-refractivity contribution in [2.75, 3.05) is 13.1 Å². The third-order valence-electron chi connectivity index (χ3n) is 3.58. The number of urea groups is 1. The van der Waals surface area contributed by atoms with Crippen molar-refractivity contribution in [3.8, 4) is 0 Å².